The van der Waals surface area contributed by atoms with Gasteiger partial charge in [0.1, 0.15) is 5.75 Å². The molecule has 0 saturated carbocycles. The summed E-state index contributed by atoms with van der Waals surface area (Å²) in [4.78, 5) is 12.1. The average molecular weight is 329 g/mol. The van der Waals surface area contributed by atoms with Gasteiger partial charge in [-0.3, -0.25) is 4.79 Å². The van der Waals surface area contributed by atoms with Gasteiger partial charge in [-0.25, -0.2) is 0 Å². The van der Waals surface area contributed by atoms with Crippen LogP contribution in [0.25, 0.3) is 0 Å². The predicted molar refractivity (Wildman–Crippen MR) is 88.2 cm³/mol. The van der Waals surface area contributed by atoms with Crippen LogP contribution in [0.3, 0.4) is 0 Å². The molecule has 1 aliphatic heterocycles. The first-order valence-corrected chi connectivity index (χ1v) is 7.53. The summed E-state index contributed by atoms with van der Waals surface area (Å²) in [7, 11) is 0. The number of amides is 1. The number of carbonyl (C=O) groups excluding carboxylic acids is 1. The number of nitrogens with one attached hydrogen (secondary N) is 1. The van der Waals surface area contributed by atoms with Crippen LogP contribution in [0.4, 0.5) is 0 Å². The molecule has 1 aliphatic rings. The SMILES string of the molecule is CCOc1cccc(CNC(=O)C(N)C2CCOCC2)c1.Cl. The lowest BCUT2D eigenvalue weighted by molar-refractivity contribution is -0.124. The fraction of sp³-hybridized carbons (Fsp3) is 0.562. The lowest BCUT2D eigenvalue weighted by atomic mass is 9.92. The van der Waals surface area contributed by atoms with E-state index in [-0.39, 0.29) is 24.2 Å². The van der Waals surface area contributed by atoms with Crippen molar-refractivity contribution in [1.29, 1.82) is 0 Å². The first-order chi connectivity index (χ1) is 10.2. The summed E-state index contributed by atoms with van der Waals surface area (Å²) in [6.07, 6.45) is 1.71. The van der Waals surface area contributed by atoms with E-state index in [9.17, 15) is 4.79 Å². The second-order valence-corrected chi connectivity index (χ2v) is 5.27. The minimum atomic E-state index is -0.455. The summed E-state index contributed by atoms with van der Waals surface area (Å²) in [6.45, 7) is 4.44. The Hall–Kier alpha value is -1.30. The summed E-state index contributed by atoms with van der Waals surface area (Å²) in [5.74, 6) is 0.940. The molecule has 1 fully saturated rings. The minimum absolute atomic E-state index is 0. The highest BCUT2D eigenvalue weighted by atomic mass is 35.5. The van der Waals surface area contributed by atoms with Crippen molar-refractivity contribution in [2.45, 2.75) is 32.4 Å². The van der Waals surface area contributed by atoms with Crippen LogP contribution in [-0.2, 0) is 16.1 Å². The van der Waals surface area contributed by atoms with Gasteiger partial charge in [-0.15, -0.1) is 12.4 Å². The molecule has 5 nitrogen and oxygen atoms in total. The molecule has 0 bridgehead atoms. The van der Waals surface area contributed by atoms with E-state index in [1.54, 1.807) is 0 Å². The molecule has 0 spiro atoms. The van der Waals surface area contributed by atoms with Crippen molar-refractivity contribution in [3.05, 3.63) is 29.8 Å². The Bertz CT molecular complexity index is 464. The Labute approximate surface area is 138 Å². The van der Waals surface area contributed by atoms with Gasteiger partial charge in [-0.05, 0) is 43.4 Å². The third kappa shape index (κ3) is 5.48. The van der Waals surface area contributed by atoms with Gasteiger partial charge in [-0.1, -0.05) is 12.1 Å². The minimum Gasteiger partial charge on any atom is -0.494 e. The van der Waals surface area contributed by atoms with Gasteiger partial charge in [0, 0.05) is 19.8 Å². The van der Waals surface area contributed by atoms with Crippen molar-refractivity contribution >= 4 is 18.3 Å². The largest absolute Gasteiger partial charge is 0.494 e. The number of hydrogen-bond acceptors (Lipinski definition) is 4. The second kappa shape index (κ2) is 9.66. The lowest BCUT2D eigenvalue weighted by Gasteiger charge is -2.26. The summed E-state index contributed by atoms with van der Waals surface area (Å²) in [5, 5.41) is 2.91. The molecular weight excluding hydrogens is 304 g/mol. The third-order valence-corrected chi connectivity index (χ3v) is 3.75. The average Bonchev–Trinajstić information content (AvgIpc) is 2.53. The highest BCUT2D eigenvalue weighted by molar-refractivity contribution is 5.85. The molecule has 1 aromatic carbocycles. The van der Waals surface area contributed by atoms with Crippen LogP contribution in [0.2, 0.25) is 0 Å². The number of halogens is 1. The van der Waals surface area contributed by atoms with E-state index in [1.807, 2.05) is 31.2 Å². The summed E-state index contributed by atoms with van der Waals surface area (Å²) in [6, 6.07) is 7.27. The normalized spacial score (nSPS) is 16.5. The van der Waals surface area contributed by atoms with E-state index in [1.165, 1.54) is 0 Å². The zero-order valence-corrected chi connectivity index (χ0v) is 13.7. The number of nitrogens with two attached hydrogens (primary N) is 1. The Morgan fingerprint density at radius 3 is 2.86 bits per heavy atom. The molecule has 22 heavy (non-hydrogen) atoms. The van der Waals surface area contributed by atoms with Gasteiger partial charge in [-0.2, -0.15) is 0 Å². The van der Waals surface area contributed by atoms with E-state index in [0.717, 1.165) is 24.2 Å². The number of benzene rings is 1. The fourth-order valence-electron chi connectivity index (χ4n) is 2.51. The van der Waals surface area contributed by atoms with E-state index < -0.39 is 6.04 Å². The van der Waals surface area contributed by atoms with Crippen molar-refractivity contribution in [3.63, 3.8) is 0 Å². The maximum Gasteiger partial charge on any atom is 0.237 e. The van der Waals surface area contributed by atoms with Crippen LogP contribution in [0.15, 0.2) is 24.3 Å². The molecule has 0 aromatic heterocycles. The molecule has 1 aromatic rings. The monoisotopic (exact) mass is 328 g/mol. The van der Waals surface area contributed by atoms with Crippen molar-refractivity contribution in [2.75, 3.05) is 19.8 Å². The van der Waals surface area contributed by atoms with Crippen LogP contribution in [0, 0.1) is 5.92 Å². The predicted octanol–water partition coefficient (Wildman–Crippen LogP) is 1.88. The quantitative estimate of drug-likeness (QED) is 0.836. The van der Waals surface area contributed by atoms with Crippen molar-refractivity contribution in [2.24, 2.45) is 11.7 Å². The fourth-order valence-corrected chi connectivity index (χ4v) is 2.51. The first-order valence-electron chi connectivity index (χ1n) is 7.53. The molecule has 3 N–H and O–H groups in total. The van der Waals surface area contributed by atoms with Gasteiger partial charge in [0.05, 0.1) is 12.6 Å². The van der Waals surface area contributed by atoms with E-state index in [2.05, 4.69) is 5.32 Å². The van der Waals surface area contributed by atoms with E-state index in [0.29, 0.717) is 26.4 Å². The number of ether oxygens (including phenoxy) is 2. The summed E-state index contributed by atoms with van der Waals surface area (Å²) < 4.78 is 10.7. The summed E-state index contributed by atoms with van der Waals surface area (Å²) >= 11 is 0. The highest BCUT2D eigenvalue weighted by Gasteiger charge is 2.26. The van der Waals surface area contributed by atoms with Crippen LogP contribution in [0.5, 0.6) is 5.75 Å². The van der Waals surface area contributed by atoms with Gasteiger partial charge in [0.2, 0.25) is 5.91 Å². The van der Waals surface area contributed by atoms with Gasteiger partial charge >= 0.3 is 0 Å². The topological polar surface area (TPSA) is 73.6 Å². The smallest absolute Gasteiger partial charge is 0.237 e. The summed E-state index contributed by atoms with van der Waals surface area (Å²) in [5.41, 5.74) is 7.05. The van der Waals surface area contributed by atoms with Gasteiger partial charge in [0.25, 0.3) is 0 Å². The molecule has 0 aliphatic carbocycles. The van der Waals surface area contributed by atoms with E-state index >= 15 is 0 Å². The van der Waals surface area contributed by atoms with Gasteiger partial charge in [0.15, 0.2) is 0 Å². The van der Waals surface area contributed by atoms with Crippen LogP contribution < -0.4 is 15.8 Å². The second-order valence-electron chi connectivity index (χ2n) is 5.27. The number of rotatable bonds is 6. The maximum atomic E-state index is 12.1. The molecule has 0 radical (unpaired) electrons. The van der Waals surface area contributed by atoms with Gasteiger partial charge < -0.3 is 20.5 Å². The zero-order valence-electron chi connectivity index (χ0n) is 12.9. The molecule has 124 valence electrons. The highest BCUT2D eigenvalue weighted by Crippen LogP contribution is 2.18. The first kappa shape index (κ1) is 18.7. The lowest BCUT2D eigenvalue weighted by Crippen LogP contribution is -2.46. The molecule has 1 unspecified atom stereocenters. The van der Waals surface area contributed by atoms with E-state index in [4.69, 9.17) is 15.2 Å². The molecular formula is C16H25ClN2O3. The molecule has 1 amide bonds. The van der Waals surface area contributed by atoms with Crippen LogP contribution in [-0.4, -0.2) is 31.8 Å². The zero-order chi connectivity index (χ0) is 15.1. The maximum absolute atomic E-state index is 12.1. The number of carbonyl (C=O) groups is 1. The third-order valence-electron chi connectivity index (χ3n) is 3.75. The molecule has 2 rings (SSSR count). The number of hydrogen-bond donors (Lipinski definition) is 2. The molecule has 6 heteroatoms. The standard InChI is InChI=1S/C16H24N2O3.ClH/c1-2-21-14-5-3-4-12(10-14)11-18-16(19)15(17)13-6-8-20-9-7-13;/h3-5,10,13,15H,2,6-9,11,17H2,1H3,(H,18,19);1H. The van der Waals surface area contributed by atoms with Crippen molar-refractivity contribution in [3.8, 4) is 5.75 Å². The van der Waals surface area contributed by atoms with Crippen LogP contribution in [0.1, 0.15) is 25.3 Å². The molecule has 1 heterocycles. The van der Waals surface area contributed by atoms with Crippen LogP contribution >= 0.6 is 12.4 Å². The Balaban J connectivity index is 0.00000242. The van der Waals surface area contributed by atoms with Crippen molar-refractivity contribution in [1.82, 2.24) is 5.32 Å². The molecule has 1 saturated heterocycles. The Kier molecular flexibility index (Phi) is 8.24. The Morgan fingerprint density at radius 2 is 2.18 bits per heavy atom. The Morgan fingerprint density at radius 1 is 1.45 bits per heavy atom. The van der Waals surface area contributed by atoms with Crippen molar-refractivity contribution < 1.29 is 14.3 Å². The molecule has 1 atom stereocenters.